The molecule has 0 aliphatic rings. The number of hydrogen-bond acceptors (Lipinski definition) is 4. The van der Waals surface area contributed by atoms with E-state index in [2.05, 4.69) is 30.9 Å². The molecule has 0 atom stereocenters. The molecule has 2 aromatic heterocycles. The number of ketones is 1. The normalized spacial score (nSPS) is 10.1. The molecule has 0 amide bonds. The lowest BCUT2D eigenvalue weighted by molar-refractivity contribution is 0.0911. The van der Waals surface area contributed by atoms with Crippen LogP contribution in [0.5, 0.6) is 5.75 Å². The third-order valence-electron chi connectivity index (χ3n) is 1.85. The number of nitrogens with one attached hydrogen (secondary N) is 1. The summed E-state index contributed by atoms with van der Waals surface area (Å²) in [4.78, 5) is 22.1. The molecule has 16 heavy (non-hydrogen) atoms. The van der Waals surface area contributed by atoms with Crippen LogP contribution in [0.1, 0.15) is 10.6 Å². The summed E-state index contributed by atoms with van der Waals surface area (Å²) in [5.41, 5.74) is 0. The number of aromatic nitrogens is 3. The predicted octanol–water partition coefficient (Wildman–Crippen LogP) is 1.83. The summed E-state index contributed by atoms with van der Waals surface area (Å²) >= 11 is 3.22. The van der Waals surface area contributed by atoms with Crippen molar-refractivity contribution in [3.63, 3.8) is 0 Å². The van der Waals surface area contributed by atoms with Gasteiger partial charge in [0.15, 0.2) is 18.2 Å². The number of rotatable bonds is 4. The lowest BCUT2D eigenvalue weighted by Crippen LogP contribution is -2.13. The molecule has 6 heteroatoms. The molecule has 0 aromatic carbocycles. The standard InChI is InChI=1S/C10H8BrN3O2/c11-9-8(2-1-3-12-9)16-6-7(15)10-13-4-5-14-10/h1-5H,6H2,(H,13,14). The Kier molecular flexibility index (Phi) is 3.31. The fourth-order valence-corrected chi connectivity index (χ4v) is 1.47. The first kappa shape index (κ1) is 10.8. The third kappa shape index (κ3) is 2.46. The van der Waals surface area contributed by atoms with E-state index in [1.54, 1.807) is 24.5 Å². The van der Waals surface area contributed by atoms with Crippen molar-refractivity contribution in [1.82, 2.24) is 15.0 Å². The lowest BCUT2D eigenvalue weighted by Gasteiger charge is -2.04. The first-order chi connectivity index (χ1) is 7.77. The third-order valence-corrected chi connectivity index (χ3v) is 2.44. The van der Waals surface area contributed by atoms with Crippen LogP contribution in [0.15, 0.2) is 35.3 Å². The highest BCUT2D eigenvalue weighted by atomic mass is 79.9. The summed E-state index contributed by atoms with van der Waals surface area (Å²) in [7, 11) is 0. The molecule has 0 unspecified atom stereocenters. The second-order valence-corrected chi connectivity index (χ2v) is 3.69. The molecular formula is C10H8BrN3O2. The van der Waals surface area contributed by atoms with Gasteiger partial charge in [0.05, 0.1) is 0 Å². The molecule has 82 valence electrons. The van der Waals surface area contributed by atoms with E-state index in [9.17, 15) is 4.79 Å². The molecule has 0 saturated heterocycles. The minimum Gasteiger partial charge on any atom is -0.482 e. The highest BCUT2D eigenvalue weighted by Crippen LogP contribution is 2.20. The summed E-state index contributed by atoms with van der Waals surface area (Å²) in [5.74, 6) is 0.614. The van der Waals surface area contributed by atoms with E-state index < -0.39 is 0 Å². The van der Waals surface area contributed by atoms with Crippen LogP contribution in [0.3, 0.4) is 0 Å². The van der Waals surface area contributed by atoms with E-state index in [-0.39, 0.29) is 12.4 Å². The smallest absolute Gasteiger partial charge is 0.235 e. The molecule has 0 saturated carbocycles. The van der Waals surface area contributed by atoms with Crippen molar-refractivity contribution in [2.45, 2.75) is 0 Å². The summed E-state index contributed by atoms with van der Waals surface area (Å²) in [6.07, 6.45) is 4.74. The molecule has 0 radical (unpaired) electrons. The Morgan fingerprint density at radius 2 is 2.31 bits per heavy atom. The number of nitrogens with zero attached hydrogens (tertiary/aromatic N) is 2. The van der Waals surface area contributed by atoms with Crippen molar-refractivity contribution in [3.05, 3.63) is 41.2 Å². The maximum absolute atomic E-state index is 11.5. The number of hydrogen-bond donors (Lipinski definition) is 1. The van der Waals surface area contributed by atoms with Crippen molar-refractivity contribution in [1.29, 1.82) is 0 Å². The Bertz CT molecular complexity index is 485. The molecule has 2 heterocycles. The quantitative estimate of drug-likeness (QED) is 0.686. The summed E-state index contributed by atoms with van der Waals surface area (Å²) in [6.45, 7) is -0.0716. The number of halogens is 1. The number of pyridine rings is 1. The van der Waals surface area contributed by atoms with Crippen molar-refractivity contribution in [2.24, 2.45) is 0 Å². The largest absolute Gasteiger partial charge is 0.482 e. The minimum absolute atomic E-state index is 0.0716. The van der Waals surface area contributed by atoms with Gasteiger partial charge in [-0.2, -0.15) is 0 Å². The van der Waals surface area contributed by atoms with Crippen LogP contribution in [-0.4, -0.2) is 27.3 Å². The molecule has 0 aliphatic heterocycles. The van der Waals surface area contributed by atoms with Gasteiger partial charge in [-0.3, -0.25) is 4.79 Å². The number of ether oxygens (including phenoxy) is 1. The van der Waals surface area contributed by atoms with Crippen molar-refractivity contribution in [2.75, 3.05) is 6.61 Å². The van der Waals surface area contributed by atoms with E-state index in [1.165, 1.54) is 6.20 Å². The summed E-state index contributed by atoms with van der Waals surface area (Å²) in [6, 6.07) is 3.46. The van der Waals surface area contributed by atoms with Crippen LogP contribution >= 0.6 is 15.9 Å². The fraction of sp³-hybridized carbons (Fsp3) is 0.100. The molecule has 1 N–H and O–H groups in total. The zero-order chi connectivity index (χ0) is 11.4. The van der Waals surface area contributed by atoms with Crippen LogP contribution in [-0.2, 0) is 0 Å². The van der Waals surface area contributed by atoms with Gasteiger partial charge in [-0.1, -0.05) is 0 Å². The van der Waals surface area contributed by atoms with E-state index >= 15 is 0 Å². The Labute approximate surface area is 100 Å². The molecular weight excluding hydrogens is 274 g/mol. The van der Waals surface area contributed by atoms with Gasteiger partial charge < -0.3 is 9.72 Å². The zero-order valence-electron chi connectivity index (χ0n) is 8.18. The predicted molar refractivity (Wildman–Crippen MR) is 60.4 cm³/mol. The molecule has 2 rings (SSSR count). The minimum atomic E-state index is -0.208. The number of Topliss-reactive ketones (excluding diaryl/α,β-unsaturated/α-hetero) is 1. The van der Waals surface area contributed by atoms with Crippen LogP contribution in [0, 0.1) is 0 Å². The van der Waals surface area contributed by atoms with Crippen LogP contribution in [0.2, 0.25) is 0 Å². The van der Waals surface area contributed by atoms with Crippen molar-refractivity contribution in [3.8, 4) is 5.75 Å². The van der Waals surface area contributed by atoms with E-state index in [0.717, 1.165) is 0 Å². The number of carbonyl (C=O) groups excluding carboxylic acids is 1. The second-order valence-electron chi connectivity index (χ2n) is 2.94. The van der Waals surface area contributed by atoms with Gasteiger partial charge in [-0.05, 0) is 28.1 Å². The molecule has 5 nitrogen and oxygen atoms in total. The number of H-pyrrole nitrogens is 1. The van der Waals surface area contributed by atoms with Crippen LogP contribution in [0.4, 0.5) is 0 Å². The highest BCUT2D eigenvalue weighted by molar-refractivity contribution is 9.10. The molecule has 2 aromatic rings. The van der Waals surface area contributed by atoms with Gasteiger partial charge in [0.25, 0.3) is 0 Å². The number of carbonyl (C=O) groups is 1. The lowest BCUT2D eigenvalue weighted by atomic mass is 10.4. The monoisotopic (exact) mass is 281 g/mol. The highest BCUT2D eigenvalue weighted by Gasteiger charge is 2.10. The topological polar surface area (TPSA) is 67.9 Å². The SMILES string of the molecule is O=C(COc1cccnc1Br)c1ncc[nH]1. The van der Waals surface area contributed by atoms with Gasteiger partial charge in [-0.25, -0.2) is 9.97 Å². The Balaban J connectivity index is 1.98. The van der Waals surface area contributed by atoms with E-state index in [4.69, 9.17) is 4.74 Å². The summed E-state index contributed by atoms with van der Waals surface area (Å²) < 4.78 is 5.87. The van der Waals surface area contributed by atoms with Gasteiger partial charge >= 0.3 is 0 Å². The van der Waals surface area contributed by atoms with Crippen LogP contribution < -0.4 is 4.74 Å². The maximum Gasteiger partial charge on any atom is 0.235 e. The molecule has 0 bridgehead atoms. The van der Waals surface area contributed by atoms with Gasteiger partial charge in [-0.15, -0.1) is 0 Å². The van der Waals surface area contributed by atoms with E-state index in [1.807, 2.05) is 0 Å². The molecule has 0 spiro atoms. The Morgan fingerprint density at radius 3 is 3.00 bits per heavy atom. The Morgan fingerprint density at radius 1 is 1.44 bits per heavy atom. The van der Waals surface area contributed by atoms with Gasteiger partial charge in [0, 0.05) is 18.6 Å². The van der Waals surface area contributed by atoms with Crippen molar-refractivity contribution < 1.29 is 9.53 Å². The van der Waals surface area contributed by atoms with E-state index in [0.29, 0.717) is 16.2 Å². The fourth-order valence-electron chi connectivity index (χ4n) is 1.11. The molecule has 0 aliphatic carbocycles. The zero-order valence-corrected chi connectivity index (χ0v) is 9.77. The first-order valence-electron chi connectivity index (χ1n) is 4.53. The molecule has 0 fully saturated rings. The van der Waals surface area contributed by atoms with Crippen LogP contribution in [0.25, 0.3) is 0 Å². The average molecular weight is 282 g/mol. The number of imidazole rings is 1. The van der Waals surface area contributed by atoms with Gasteiger partial charge in [0.2, 0.25) is 5.78 Å². The second kappa shape index (κ2) is 4.89. The number of aromatic amines is 1. The maximum atomic E-state index is 11.5. The van der Waals surface area contributed by atoms with Gasteiger partial charge in [0.1, 0.15) is 4.60 Å². The summed E-state index contributed by atoms with van der Waals surface area (Å²) in [5, 5.41) is 0. The first-order valence-corrected chi connectivity index (χ1v) is 5.32. The van der Waals surface area contributed by atoms with Crippen molar-refractivity contribution >= 4 is 21.7 Å². The Hall–Kier alpha value is -1.69. The average Bonchev–Trinajstić information content (AvgIpc) is 2.81.